The predicted octanol–water partition coefficient (Wildman–Crippen LogP) is -3.73. The van der Waals surface area contributed by atoms with Crippen molar-refractivity contribution in [3.8, 4) is 0 Å². The first kappa shape index (κ1) is 25.5. The molecule has 0 radical (unpaired) electrons. The highest BCUT2D eigenvalue weighted by atomic mass is 35.5. The number of carbonyl (C=O) groups is 3. The van der Waals surface area contributed by atoms with Gasteiger partial charge in [-0.25, -0.2) is 13.9 Å². The zero-order valence-electron chi connectivity index (χ0n) is 18.6. The minimum absolute atomic E-state index is 0. The number of aromatic nitrogens is 2. The standard InChI is InChI=1S/C21H29N5O5S.ClH/c1-11-17-16(12(2)27)20(29)26(17)18(21(30)31)19(11)32-14-7-13(23-8-14)3-4-24-5-6-25(10-24)9-15(22)28;/h5-6,10-14,16-17,23,27H,3-4,7-9H2,1-2H3,(H2-,22,28,30,31);1H/t11-,12-,13-,14+,16-,17-;/m1./s1. The number of aliphatic hydroxyl groups is 1. The normalized spacial score (nSPS) is 29.5. The number of hydrogen-bond donors (Lipinski definition) is 4. The van der Waals surface area contributed by atoms with Crippen molar-refractivity contribution in [3.05, 3.63) is 29.3 Å². The van der Waals surface area contributed by atoms with Crippen LogP contribution in [0.25, 0.3) is 0 Å². The highest BCUT2D eigenvalue weighted by Crippen LogP contribution is 2.51. The molecule has 2 amide bonds. The van der Waals surface area contributed by atoms with Gasteiger partial charge >= 0.3 is 5.97 Å². The summed E-state index contributed by atoms with van der Waals surface area (Å²) in [5.41, 5.74) is 5.31. The third-order valence-corrected chi connectivity index (χ3v) is 8.12. The smallest absolute Gasteiger partial charge is 0.353 e. The molecule has 0 aromatic carbocycles. The molecule has 12 heteroatoms. The van der Waals surface area contributed by atoms with Crippen molar-refractivity contribution in [1.82, 2.24) is 14.8 Å². The number of carboxylic acids is 1. The van der Waals surface area contributed by atoms with Crippen LogP contribution in [0.15, 0.2) is 29.3 Å². The van der Waals surface area contributed by atoms with Crippen LogP contribution in [0.2, 0.25) is 0 Å². The van der Waals surface area contributed by atoms with Gasteiger partial charge in [-0.2, -0.15) is 0 Å². The number of imidazole rings is 1. The number of primary amides is 1. The van der Waals surface area contributed by atoms with E-state index < -0.39 is 18.0 Å². The van der Waals surface area contributed by atoms with Gasteiger partial charge < -0.3 is 38.6 Å². The molecule has 182 valence electrons. The Labute approximate surface area is 202 Å². The van der Waals surface area contributed by atoms with Gasteiger partial charge in [0.15, 0.2) is 6.54 Å². The number of carboxylic acid groups (broad SMARTS) is 1. The van der Waals surface area contributed by atoms with E-state index in [-0.39, 0.29) is 53.7 Å². The third kappa shape index (κ3) is 4.91. The lowest BCUT2D eigenvalue weighted by molar-refractivity contribution is -0.697. The van der Waals surface area contributed by atoms with Gasteiger partial charge in [-0.15, -0.1) is 11.8 Å². The average Bonchev–Trinajstić information content (AvgIpc) is 3.39. The Morgan fingerprint density at radius 3 is 2.79 bits per heavy atom. The van der Waals surface area contributed by atoms with E-state index in [1.165, 1.54) is 4.90 Å². The van der Waals surface area contributed by atoms with Crippen LogP contribution in [0.5, 0.6) is 0 Å². The van der Waals surface area contributed by atoms with Crippen LogP contribution in [0.1, 0.15) is 26.7 Å². The van der Waals surface area contributed by atoms with Gasteiger partial charge in [0.2, 0.25) is 12.2 Å². The number of thioether (sulfide) groups is 1. The van der Waals surface area contributed by atoms with Gasteiger partial charge in [0.05, 0.1) is 24.6 Å². The van der Waals surface area contributed by atoms with Crippen molar-refractivity contribution < 1.29 is 41.6 Å². The highest BCUT2D eigenvalue weighted by Gasteiger charge is 2.60. The van der Waals surface area contributed by atoms with E-state index in [9.17, 15) is 24.6 Å². The van der Waals surface area contributed by atoms with Crippen LogP contribution in [0.3, 0.4) is 0 Å². The van der Waals surface area contributed by atoms with Crippen molar-refractivity contribution in [2.45, 2.75) is 63.2 Å². The van der Waals surface area contributed by atoms with Crippen LogP contribution in [0.4, 0.5) is 0 Å². The molecule has 3 aliphatic rings. The number of rotatable bonds is 9. The SMILES string of the molecule is C[C@@H](O)[C@H]1C(=O)N2C(C(=O)O)=C(S[C@@H]3CN[C@H](CC[n+]4ccn(CC(N)=O)c4)C3)[C@H](C)[C@H]12.[Cl-]. The largest absolute Gasteiger partial charge is 1.00 e. The number of aliphatic carboxylic acids is 1. The van der Waals surface area contributed by atoms with E-state index in [1.54, 1.807) is 23.3 Å². The van der Waals surface area contributed by atoms with Crippen molar-refractivity contribution in [1.29, 1.82) is 0 Å². The Hall–Kier alpha value is -2.08. The number of hydrogen-bond acceptors (Lipinski definition) is 6. The zero-order valence-corrected chi connectivity index (χ0v) is 20.1. The number of amides is 2. The molecule has 2 fully saturated rings. The molecular weight excluding hydrogens is 470 g/mol. The molecule has 4 rings (SSSR count). The van der Waals surface area contributed by atoms with E-state index in [2.05, 4.69) is 5.32 Å². The molecule has 1 aromatic heterocycles. The summed E-state index contributed by atoms with van der Waals surface area (Å²) in [6.07, 6.45) is 6.59. The maximum Gasteiger partial charge on any atom is 0.353 e. The fourth-order valence-electron chi connectivity index (χ4n) is 5.10. The van der Waals surface area contributed by atoms with E-state index in [1.807, 2.05) is 30.2 Å². The molecule has 2 saturated heterocycles. The maximum atomic E-state index is 12.5. The molecule has 0 bridgehead atoms. The Balaban J connectivity index is 0.00000306. The van der Waals surface area contributed by atoms with E-state index in [4.69, 9.17) is 5.73 Å². The molecule has 0 spiro atoms. The number of nitrogens with one attached hydrogen (secondary N) is 1. The quantitative estimate of drug-likeness (QED) is 0.202. The summed E-state index contributed by atoms with van der Waals surface area (Å²) < 4.78 is 3.76. The number of aliphatic hydroxyl groups excluding tert-OH is 1. The number of fused-ring (bicyclic) bond motifs is 1. The van der Waals surface area contributed by atoms with Crippen LogP contribution >= 0.6 is 11.8 Å². The lowest BCUT2D eigenvalue weighted by Gasteiger charge is -2.46. The van der Waals surface area contributed by atoms with Crippen molar-refractivity contribution in [3.63, 3.8) is 0 Å². The Morgan fingerprint density at radius 1 is 1.42 bits per heavy atom. The molecule has 10 nitrogen and oxygen atoms in total. The second kappa shape index (κ2) is 10.0. The third-order valence-electron chi connectivity index (χ3n) is 6.61. The minimum Gasteiger partial charge on any atom is -1.00 e. The second-order valence-electron chi connectivity index (χ2n) is 8.93. The topological polar surface area (TPSA) is 142 Å². The number of aryl methyl sites for hydroxylation is 1. The number of carbonyl (C=O) groups excluding carboxylic acids is 2. The molecule has 6 atom stereocenters. The van der Waals surface area contributed by atoms with E-state index in [0.29, 0.717) is 6.04 Å². The van der Waals surface area contributed by atoms with Gasteiger partial charge in [0, 0.05) is 35.1 Å². The molecular formula is C21H30ClN5O5S. The molecule has 0 saturated carbocycles. The van der Waals surface area contributed by atoms with Gasteiger partial charge in [-0.05, 0) is 13.3 Å². The summed E-state index contributed by atoms with van der Waals surface area (Å²) in [4.78, 5) is 37.6. The fraction of sp³-hybridized carbons (Fsp3) is 0.619. The number of β-lactam (4-membered cyclic amide) rings is 1. The van der Waals surface area contributed by atoms with Crippen LogP contribution < -0.4 is 28.0 Å². The first-order valence-corrected chi connectivity index (χ1v) is 11.8. The number of nitrogens with zero attached hydrogens (tertiary/aromatic N) is 3. The van der Waals surface area contributed by atoms with Gasteiger partial charge in [-0.3, -0.25) is 9.59 Å². The molecule has 3 aliphatic heterocycles. The zero-order chi connectivity index (χ0) is 23.2. The van der Waals surface area contributed by atoms with E-state index >= 15 is 0 Å². The van der Waals surface area contributed by atoms with E-state index in [0.717, 1.165) is 30.8 Å². The molecule has 0 aliphatic carbocycles. The van der Waals surface area contributed by atoms with Gasteiger partial charge in [-0.1, -0.05) is 6.92 Å². The highest BCUT2D eigenvalue weighted by molar-refractivity contribution is 8.03. The summed E-state index contributed by atoms with van der Waals surface area (Å²) in [5.74, 6) is -2.41. The summed E-state index contributed by atoms with van der Waals surface area (Å²) >= 11 is 1.56. The summed E-state index contributed by atoms with van der Waals surface area (Å²) in [7, 11) is 0. The molecule has 5 N–H and O–H groups in total. The lowest BCUT2D eigenvalue weighted by atomic mass is 9.79. The first-order chi connectivity index (χ1) is 15.2. The van der Waals surface area contributed by atoms with Crippen LogP contribution in [-0.2, 0) is 27.5 Å². The average molecular weight is 500 g/mol. The molecule has 4 heterocycles. The Bertz CT molecular complexity index is 967. The lowest BCUT2D eigenvalue weighted by Crippen LogP contribution is -3.00. The van der Waals surface area contributed by atoms with Crippen LogP contribution in [0, 0.1) is 11.8 Å². The maximum absolute atomic E-state index is 12.5. The Morgan fingerprint density at radius 2 is 2.15 bits per heavy atom. The first-order valence-electron chi connectivity index (χ1n) is 10.9. The summed E-state index contributed by atoms with van der Waals surface area (Å²) in [6.45, 7) is 5.25. The molecule has 1 aromatic rings. The second-order valence-corrected chi connectivity index (χ2v) is 10.3. The molecule has 33 heavy (non-hydrogen) atoms. The summed E-state index contributed by atoms with van der Waals surface area (Å²) in [5, 5.41) is 23.5. The van der Waals surface area contributed by atoms with Crippen molar-refractivity contribution in [2.24, 2.45) is 17.6 Å². The van der Waals surface area contributed by atoms with Crippen molar-refractivity contribution >= 4 is 29.5 Å². The Kier molecular flexibility index (Phi) is 7.77. The monoisotopic (exact) mass is 499 g/mol. The molecule has 0 unspecified atom stereocenters. The van der Waals surface area contributed by atoms with Crippen LogP contribution in [-0.4, -0.2) is 67.4 Å². The minimum atomic E-state index is -1.08. The fourth-order valence-corrected chi connectivity index (χ4v) is 6.62. The summed E-state index contributed by atoms with van der Waals surface area (Å²) in [6, 6.07) is 0.0241. The number of halogens is 1. The van der Waals surface area contributed by atoms with Gasteiger partial charge in [0.1, 0.15) is 18.1 Å². The predicted molar refractivity (Wildman–Crippen MR) is 116 cm³/mol. The number of nitrogens with two attached hydrogens (primary N) is 1. The van der Waals surface area contributed by atoms with Gasteiger partial charge in [0.25, 0.3) is 5.91 Å². The van der Waals surface area contributed by atoms with Crippen molar-refractivity contribution in [2.75, 3.05) is 6.54 Å².